The average molecular weight is 245 g/mol. The van der Waals surface area contributed by atoms with Gasteiger partial charge in [-0.2, -0.15) is 0 Å². The second-order valence-electron chi connectivity index (χ2n) is 3.22. The first-order valence-corrected chi connectivity index (χ1v) is 5.70. The summed E-state index contributed by atoms with van der Waals surface area (Å²) in [5.74, 6) is -0.942. The van der Waals surface area contributed by atoms with E-state index in [1.165, 1.54) is 18.4 Å². The van der Waals surface area contributed by atoms with Crippen LogP contribution in [0, 0.1) is 0 Å². The number of hydrogen-bond donors (Lipinski definition) is 1. The zero-order chi connectivity index (χ0) is 12.0. The van der Waals surface area contributed by atoms with Gasteiger partial charge >= 0.3 is 5.97 Å². The third-order valence-electron chi connectivity index (χ3n) is 1.96. The van der Waals surface area contributed by atoms with Gasteiger partial charge in [-0.05, 0) is 6.42 Å². The molecule has 1 aromatic heterocycles. The number of carbonyl (C=O) groups is 1. The Hall–Kier alpha value is -0.980. The fourth-order valence-corrected chi connectivity index (χ4v) is 2.22. The summed E-state index contributed by atoms with van der Waals surface area (Å²) >= 11 is 1.21. The van der Waals surface area contributed by atoms with Gasteiger partial charge in [0, 0.05) is 27.2 Å². The lowest BCUT2D eigenvalue weighted by molar-refractivity contribution is 0.0697. The number of aryl methyl sites for hydroxylation is 1. The zero-order valence-electron chi connectivity index (χ0n) is 9.36. The number of aromatic nitrogens is 1. The minimum absolute atomic E-state index is 0.239. The van der Waals surface area contributed by atoms with Crippen LogP contribution in [0.25, 0.3) is 0 Å². The molecule has 0 aliphatic heterocycles. The lowest BCUT2D eigenvalue weighted by Gasteiger charge is -1.95. The van der Waals surface area contributed by atoms with Crippen molar-refractivity contribution in [3.8, 4) is 0 Å². The summed E-state index contributed by atoms with van der Waals surface area (Å²) in [6.07, 6.45) is 1.58. The van der Waals surface area contributed by atoms with E-state index in [0.717, 1.165) is 17.8 Å². The highest BCUT2D eigenvalue weighted by Crippen LogP contribution is 2.20. The van der Waals surface area contributed by atoms with E-state index in [4.69, 9.17) is 14.6 Å². The van der Waals surface area contributed by atoms with E-state index in [-0.39, 0.29) is 11.5 Å². The first kappa shape index (κ1) is 13.1. The third-order valence-corrected chi connectivity index (χ3v) is 3.10. The van der Waals surface area contributed by atoms with Gasteiger partial charge < -0.3 is 14.6 Å². The fourth-order valence-electron chi connectivity index (χ4n) is 1.28. The molecule has 6 heteroatoms. The van der Waals surface area contributed by atoms with Crippen molar-refractivity contribution in [2.75, 3.05) is 20.8 Å². The summed E-state index contributed by atoms with van der Waals surface area (Å²) in [7, 11) is 3.16. The Kier molecular flexibility index (Phi) is 5.37. The van der Waals surface area contributed by atoms with Crippen LogP contribution in [0.1, 0.15) is 26.8 Å². The van der Waals surface area contributed by atoms with E-state index in [1.807, 2.05) is 0 Å². The molecule has 0 bridgehead atoms. The van der Waals surface area contributed by atoms with Crippen molar-refractivity contribution in [1.82, 2.24) is 4.98 Å². The molecule has 16 heavy (non-hydrogen) atoms. The van der Waals surface area contributed by atoms with Gasteiger partial charge in [0.15, 0.2) is 0 Å². The summed E-state index contributed by atoms with van der Waals surface area (Å²) in [6, 6.07) is 0. The molecule has 90 valence electrons. The van der Waals surface area contributed by atoms with Gasteiger partial charge in [0.05, 0.1) is 17.3 Å². The van der Waals surface area contributed by atoms with Gasteiger partial charge in [-0.25, -0.2) is 9.78 Å². The molecule has 0 fully saturated rings. The third kappa shape index (κ3) is 3.55. The lowest BCUT2D eigenvalue weighted by Crippen LogP contribution is -1.99. The normalized spacial score (nSPS) is 10.6. The van der Waals surface area contributed by atoms with E-state index in [9.17, 15) is 4.79 Å². The maximum Gasteiger partial charge on any atom is 0.347 e. The minimum Gasteiger partial charge on any atom is -0.477 e. The molecular formula is C10H15NO4S. The van der Waals surface area contributed by atoms with Gasteiger partial charge in [-0.15, -0.1) is 11.3 Å². The maximum atomic E-state index is 10.9. The van der Waals surface area contributed by atoms with Crippen LogP contribution in [0.5, 0.6) is 0 Å². The molecule has 5 nitrogen and oxygen atoms in total. The highest BCUT2D eigenvalue weighted by molar-refractivity contribution is 7.13. The SMILES string of the molecule is COCCCc1nc(COC)c(C(=O)O)s1. The van der Waals surface area contributed by atoms with E-state index >= 15 is 0 Å². The Balaban J connectivity index is 2.72. The van der Waals surface area contributed by atoms with Crippen molar-refractivity contribution in [3.63, 3.8) is 0 Å². The molecule has 1 heterocycles. The van der Waals surface area contributed by atoms with Gasteiger partial charge in [-0.1, -0.05) is 0 Å². The van der Waals surface area contributed by atoms with Crippen LogP contribution in [-0.2, 0) is 22.5 Å². The Morgan fingerprint density at radius 3 is 2.75 bits per heavy atom. The Morgan fingerprint density at radius 1 is 1.44 bits per heavy atom. The van der Waals surface area contributed by atoms with Crippen LogP contribution in [0.2, 0.25) is 0 Å². The standard InChI is InChI=1S/C10H15NO4S/c1-14-5-3-4-8-11-7(6-15-2)9(16-8)10(12)13/h3-6H2,1-2H3,(H,12,13). The van der Waals surface area contributed by atoms with Crippen molar-refractivity contribution in [1.29, 1.82) is 0 Å². The van der Waals surface area contributed by atoms with Gasteiger partial charge in [0.25, 0.3) is 0 Å². The van der Waals surface area contributed by atoms with Crippen molar-refractivity contribution >= 4 is 17.3 Å². The second-order valence-corrected chi connectivity index (χ2v) is 4.30. The van der Waals surface area contributed by atoms with E-state index in [1.54, 1.807) is 7.11 Å². The number of ether oxygens (including phenoxy) is 2. The number of carboxylic acid groups (broad SMARTS) is 1. The summed E-state index contributed by atoms with van der Waals surface area (Å²) in [5.41, 5.74) is 0.507. The molecule has 0 radical (unpaired) electrons. The maximum absolute atomic E-state index is 10.9. The molecule has 1 N–H and O–H groups in total. The van der Waals surface area contributed by atoms with Gasteiger partial charge in [0.2, 0.25) is 0 Å². The number of thiazole rings is 1. The monoisotopic (exact) mass is 245 g/mol. The first-order valence-electron chi connectivity index (χ1n) is 4.88. The number of methoxy groups -OCH3 is 2. The van der Waals surface area contributed by atoms with Crippen molar-refractivity contribution < 1.29 is 19.4 Å². The molecule has 1 aromatic rings. The summed E-state index contributed by atoms with van der Waals surface area (Å²) < 4.78 is 9.85. The van der Waals surface area contributed by atoms with Crippen LogP contribution >= 0.6 is 11.3 Å². The number of aromatic carboxylic acids is 1. The second kappa shape index (κ2) is 6.57. The molecule has 0 amide bonds. The predicted molar refractivity (Wildman–Crippen MR) is 60.0 cm³/mol. The molecule has 0 saturated heterocycles. The van der Waals surface area contributed by atoms with E-state index in [2.05, 4.69) is 4.98 Å². The highest BCUT2D eigenvalue weighted by Gasteiger charge is 2.16. The number of hydrogen-bond acceptors (Lipinski definition) is 5. The molecule has 0 spiro atoms. The zero-order valence-corrected chi connectivity index (χ0v) is 10.2. The molecule has 0 aliphatic rings. The summed E-state index contributed by atoms with van der Waals surface area (Å²) in [4.78, 5) is 15.5. The van der Waals surface area contributed by atoms with Crippen molar-refractivity contribution in [2.45, 2.75) is 19.4 Å². The largest absolute Gasteiger partial charge is 0.477 e. The average Bonchev–Trinajstić information content (AvgIpc) is 2.62. The Labute approximate surface area is 98.0 Å². The van der Waals surface area contributed by atoms with Crippen molar-refractivity contribution in [2.24, 2.45) is 0 Å². The van der Waals surface area contributed by atoms with Crippen LogP contribution < -0.4 is 0 Å². The number of carboxylic acids is 1. The molecule has 1 rings (SSSR count). The minimum atomic E-state index is -0.942. The van der Waals surface area contributed by atoms with Crippen LogP contribution in [0.3, 0.4) is 0 Å². The topological polar surface area (TPSA) is 68.7 Å². The van der Waals surface area contributed by atoms with E-state index < -0.39 is 5.97 Å². The van der Waals surface area contributed by atoms with Crippen LogP contribution in [0.15, 0.2) is 0 Å². The Bertz CT molecular complexity index is 351. The van der Waals surface area contributed by atoms with Gasteiger partial charge in [0.1, 0.15) is 4.88 Å². The first-order chi connectivity index (χ1) is 7.69. The summed E-state index contributed by atoms with van der Waals surface area (Å²) in [6.45, 7) is 0.893. The van der Waals surface area contributed by atoms with Gasteiger partial charge in [-0.3, -0.25) is 0 Å². The quantitative estimate of drug-likeness (QED) is 0.738. The fraction of sp³-hybridized carbons (Fsp3) is 0.600. The molecule has 0 aliphatic carbocycles. The lowest BCUT2D eigenvalue weighted by atomic mass is 10.3. The predicted octanol–water partition coefficient (Wildman–Crippen LogP) is 1.57. The molecule has 0 aromatic carbocycles. The van der Waals surface area contributed by atoms with Crippen LogP contribution in [-0.4, -0.2) is 36.9 Å². The summed E-state index contributed by atoms with van der Waals surface area (Å²) in [5, 5.41) is 9.79. The molecule has 0 saturated carbocycles. The number of rotatable bonds is 7. The smallest absolute Gasteiger partial charge is 0.347 e. The molecular weight excluding hydrogens is 230 g/mol. The number of nitrogens with zero attached hydrogens (tertiary/aromatic N) is 1. The van der Waals surface area contributed by atoms with Crippen LogP contribution in [0.4, 0.5) is 0 Å². The Morgan fingerprint density at radius 2 is 2.19 bits per heavy atom. The molecule has 0 unspecified atom stereocenters. The van der Waals surface area contributed by atoms with E-state index in [0.29, 0.717) is 12.3 Å². The van der Waals surface area contributed by atoms with Crippen molar-refractivity contribution in [3.05, 3.63) is 15.6 Å². The molecule has 0 atom stereocenters. The highest BCUT2D eigenvalue weighted by atomic mass is 32.1.